The van der Waals surface area contributed by atoms with Gasteiger partial charge in [-0.3, -0.25) is 0 Å². The highest BCUT2D eigenvalue weighted by molar-refractivity contribution is 5.89. The van der Waals surface area contributed by atoms with Crippen LogP contribution in [0.5, 0.6) is 0 Å². The first-order valence-corrected chi connectivity index (χ1v) is 6.59. The van der Waals surface area contributed by atoms with Gasteiger partial charge in [0.2, 0.25) is 0 Å². The molecular weight excluding hydrogens is 224 g/mol. The third-order valence-corrected chi connectivity index (χ3v) is 3.71. The molecule has 0 amide bonds. The summed E-state index contributed by atoms with van der Waals surface area (Å²) in [5.41, 5.74) is 3.42. The zero-order valence-electron chi connectivity index (χ0n) is 11.1. The van der Waals surface area contributed by atoms with Crippen molar-refractivity contribution in [3.05, 3.63) is 47.0 Å². The van der Waals surface area contributed by atoms with Gasteiger partial charge < -0.3 is 4.74 Å². The van der Waals surface area contributed by atoms with E-state index in [2.05, 4.69) is 13.0 Å². The summed E-state index contributed by atoms with van der Waals surface area (Å²) < 4.78 is 4.70. The number of ether oxygens (including phenoxy) is 1. The molecule has 2 nitrogen and oxygen atoms in total. The van der Waals surface area contributed by atoms with Crippen molar-refractivity contribution in [3.63, 3.8) is 0 Å². The van der Waals surface area contributed by atoms with Crippen LogP contribution in [0.2, 0.25) is 0 Å². The van der Waals surface area contributed by atoms with Crippen molar-refractivity contribution in [1.82, 2.24) is 0 Å². The number of carbonyl (C=O) groups excluding carboxylic acids is 1. The maximum absolute atomic E-state index is 11.4. The van der Waals surface area contributed by atoms with Crippen molar-refractivity contribution < 1.29 is 9.53 Å². The summed E-state index contributed by atoms with van der Waals surface area (Å²) in [7, 11) is 1.41. The summed E-state index contributed by atoms with van der Waals surface area (Å²) >= 11 is 0. The highest BCUT2D eigenvalue weighted by Crippen LogP contribution is 2.31. The summed E-state index contributed by atoms with van der Waals surface area (Å²) in [6.07, 6.45) is 7.41. The molecule has 1 unspecified atom stereocenters. The van der Waals surface area contributed by atoms with Crippen LogP contribution in [0.25, 0.3) is 0 Å². The first-order chi connectivity index (χ1) is 8.72. The minimum absolute atomic E-state index is 0.272. The Morgan fingerprint density at radius 1 is 1.22 bits per heavy atom. The summed E-state index contributed by atoms with van der Waals surface area (Å²) in [4.78, 5) is 11.4. The average Bonchev–Trinajstić information content (AvgIpc) is 2.47. The summed E-state index contributed by atoms with van der Waals surface area (Å²) in [6, 6.07) is 7.76. The average molecular weight is 244 g/mol. The molecule has 2 heteroatoms. The fraction of sp³-hybridized carbons (Fsp3) is 0.438. The van der Waals surface area contributed by atoms with Crippen molar-refractivity contribution >= 4 is 5.97 Å². The monoisotopic (exact) mass is 244 g/mol. The highest BCUT2D eigenvalue weighted by atomic mass is 16.5. The van der Waals surface area contributed by atoms with Crippen LogP contribution < -0.4 is 0 Å². The summed E-state index contributed by atoms with van der Waals surface area (Å²) in [5, 5.41) is 0. The van der Waals surface area contributed by atoms with Gasteiger partial charge in [-0.15, -0.1) is 0 Å². The predicted octanol–water partition coefficient (Wildman–Crippen LogP) is 4.08. The maximum atomic E-state index is 11.4. The fourth-order valence-electron chi connectivity index (χ4n) is 2.50. The molecular formula is C16H20O2. The number of rotatable bonds is 3. The lowest BCUT2D eigenvalue weighted by atomic mass is 9.86. The molecule has 0 aromatic heterocycles. The van der Waals surface area contributed by atoms with E-state index in [-0.39, 0.29) is 5.97 Å². The largest absolute Gasteiger partial charge is 0.465 e. The molecule has 0 bridgehead atoms. The quantitative estimate of drug-likeness (QED) is 0.591. The van der Waals surface area contributed by atoms with Gasteiger partial charge in [0.05, 0.1) is 12.7 Å². The molecule has 2 rings (SSSR count). The Morgan fingerprint density at radius 2 is 1.94 bits per heavy atom. The second-order valence-corrected chi connectivity index (χ2v) is 4.86. The molecule has 18 heavy (non-hydrogen) atoms. The molecule has 1 aliphatic rings. The van der Waals surface area contributed by atoms with Crippen LogP contribution in [-0.4, -0.2) is 13.1 Å². The van der Waals surface area contributed by atoms with Gasteiger partial charge in [-0.25, -0.2) is 4.79 Å². The minimum atomic E-state index is -0.272. The van der Waals surface area contributed by atoms with Crippen molar-refractivity contribution in [2.24, 2.45) is 0 Å². The van der Waals surface area contributed by atoms with Gasteiger partial charge in [-0.2, -0.15) is 0 Å². The Morgan fingerprint density at radius 3 is 2.50 bits per heavy atom. The van der Waals surface area contributed by atoms with E-state index >= 15 is 0 Å². The van der Waals surface area contributed by atoms with E-state index in [0.29, 0.717) is 11.5 Å². The molecule has 1 aromatic rings. The third-order valence-electron chi connectivity index (χ3n) is 3.71. The van der Waals surface area contributed by atoms with Gasteiger partial charge in [0, 0.05) is 5.92 Å². The van der Waals surface area contributed by atoms with Crippen molar-refractivity contribution in [1.29, 1.82) is 0 Å². The maximum Gasteiger partial charge on any atom is 0.337 e. The van der Waals surface area contributed by atoms with E-state index < -0.39 is 0 Å². The first-order valence-electron chi connectivity index (χ1n) is 6.59. The molecule has 1 aromatic carbocycles. The molecule has 0 heterocycles. The highest BCUT2D eigenvalue weighted by Gasteiger charge is 2.14. The number of esters is 1. The zero-order valence-corrected chi connectivity index (χ0v) is 11.1. The number of methoxy groups -OCH3 is 1. The lowest BCUT2D eigenvalue weighted by Crippen LogP contribution is -2.04. The van der Waals surface area contributed by atoms with Crippen LogP contribution in [0.1, 0.15) is 54.4 Å². The van der Waals surface area contributed by atoms with Crippen LogP contribution >= 0.6 is 0 Å². The lowest BCUT2D eigenvalue weighted by molar-refractivity contribution is 0.0600. The Bertz CT molecular complexity index is 443. The van der Waals surface area contributed by atoms with E-state index in [0.717, 1.165) is 0 Å². The van der Waals surface area contributed by atoms with Gasteiger partial charge in [-0.05, 0) is 43.4 Å². The third kappa shape index (κ3) is 2.81. The Labute approximate surface area is 109 Å². The van der Waals surface area contributed by atoms with E-state index in [4.69, 9.17) is 4.74 Å². The van der Waals surface area contributed by atoms with Gasteiger partial charge in [0.25, 0.3) is 0 Å². The smallest absolute Gasteiger partial charge is 0.337 e. The second kappa shape index (κ2) is 5.85. The molecule has 0 radical (unpaired) electrons. The Kier molecular flexibility index (Phi) is 4.19. The normalized spacial score (nSPS) is 16.9. The van der Waals surface area contributed by atoms with Crippen molar-refractivity contribution in [2.75, 3.05) is 7.11 Å². The topological polar surface area (TPSA) is 26.3 Å². The molecule has 0 saturated carbocycles. The van der Waals surface area contributed by atoms with Crippen LogP contribution in [0.3, 0.4) is 0 Å². The molecule has 96 valence electrons. The molecule has 0 N–H and O–H groups in total. The summed E-state index contributed by atoms with van der Waals surface area (Å²) in [6.45, 7) is 2.24. The molecule has 0 aliphatic heterocycles. The number of hydrogen-bond acceptors (Lipinski definition) is 2. The van der Waals surface area contributed by atoms with Crippen molar-refractivity contribution in [2.45, 2.75) is 38.5 Å². The molecule has 0 spiro atoms. The predicted molar refractivity (Wildman–Crippen MR) is 72.7 cm³/mol. The van der Waals surface area contributed by atoms with Crippen LogP contribution in [-0.2, 0) is 4.74 Å². The number of hydrogen-bond donors (Lipinski definition) is 0. The number of benzene rings is 1. The SMILES string of the molecule is COC(=O)c1ccc(C(C)C2=CCCCC2)cc1. The number of carbonyl (C=O) groups is 1. The summed E-state index contributed by atoms with van der Waals surface area (Å²) in [5.74, 6) is 0.183. The first kappa shape index (κ1) is 12.9. The Balaban J connectivity index is 2.13. The zero-order chi connectivity index (χ0) is 13.0. The van der Waals surface area contributed by atoms with Gasteiger partial charge in [-0.1, -0.05) is 30.7 Å². The van der Waals surface area contributed by atoms with Crippen molar-refractivity contribution in [3.8, 4) is 0 Å². The van der Waals surface area contributed by atoms with E-state index in [1.165, 1.54) is 43.9 Å². The van der Waals surface area contributed by atoms with Crippen LogP contribution in [0, 0.1) is 0 Å². The lowest BCUT2D eigenvalue weighted by Gasteiger charge is -2.20. The van der Waals surface area contributed by atoms with Gasteiger partial charge >= 0.3 is 5.97 Å². The van der Waals surface area contributed by atoms with E-state index in [1.807, 2.05) is 24.3 Å². The Hall–Kier alpha value is -1.57. The minimum Gasteiger partial charge on any atom is -0.465 e. The van der Waals surface area contributed by atoms with Gasteiger partial charge in [0.1, 0.15) is 0 Å². The van der Waals surface area contributed by atoms with E-state index in [1.54, 1.807) is 0 Å². The van der Waals surface area contributed by atoms with Gasteiger partial charge in [0.15, 0.2) is 0 Å². The molecule has 1 aliphatic carbocycles. The number of allylic oxidation sites excluding steroid dienone is 2. The standard InChI is InChI=1S/C16H20O2/c1-12(13-6-4-3-5-7-13)14-8-10-15(11-9-14)16(17)18-2/h6,8-12H,3-5,7H2,1-2H3. The molecule has 0 fully saturated rings. The van der Waals surface area contributed by atoms with Crippen LogP contribution in [0.4, 0.5) is 0 Å². The second-order valence-electron chi connectivity index (χ2n) is 4.86. The van der Waals surface area contributed by atoms with Crippen LogP contribution in [0.15, 0.2) is 35.9 Å². The molecule has 0 saturated heterocycles. The van der Waals surface area contributed by atoms with E-state index in [9.17, 15) is 4.79 Å². The fourth-order valence-corrected chi connectivity index (χ4v) is 2.50. The molecule has 1 atom stereocenters.